The second kappa shape index (κ2) is 8.80. The first kappa shape index (κ1) is 16.8. The molecule has 21 heavy (non-hydrogen) atoms. The van der Waals surface area contributed by atoms with Crippen LogP contribution in [0.2, 0.25) is 0 Å². The fraction of sp³-hybridized carbons (Fsp3) is 0.278. The van der Waals surface area contributed by atoms with E-state index in [0.717, 1.165) is 11.3 Å². The Labute approximate surface area is 127 Å². The Bertz CT molecular complexity index is 550. The van der Waals surface area contributed by atoms with Gasteiger partial charge in [-0.2, -0.15) is 0 Å². The van der Waals surface area contributed by atoms with Crippen LogP contribution in [0.1, 0.15) is 25.0 Å². The van der Waals surface area contributed by atoms with Gasteiger partial charge in [-0.1, -0.05) is 48.0 Å². The van der Waals surface area contributed by atoms with Crippen LogP contribution in [0.25, 0.3) is 0 Å². The minimum atomic E-state index is -0.161. The van der Waals surface area contributed by atoms with Crippen LogP contribution in [0.4, 0.5) is 10.5 Å². The molecule has 3 heteroatoms. The Hall–Kier alpha value is -2.29. The van der Waals surface area contributed by atoms with Gasteiger partial charge in [-0.05, 0) is 45.4 Å². The SMILES string of the molecule is Cc1cccc(NC(=O)NC(C)C)c1.Cc1ccccc1. The zero-order valence-corrected chi connectivity index (χ0v) is 13.2. The lowest BCUT2D eigenvalue weighted by molar-refractivity contribution is 0.250. The standard InChI is InChI=1S/C11H16N2O.C7H8/c1-8(2)12-11(14)13-10-6-4-5-9(3)7-10;1-7-5-3-2-4-6-7/h4-8H,1-3H3,(H2,12,13,14);2-6H,1H3. The Kier molecular flexibility index (Phi) is 7.02. The van der Waals surface area contributed by atoms with Crippen molar-refractivity contribution >= 4 is 11.7 Å². The molecule has 0 heterocycles. The number of aryl methyl sites for hydroxylation is 2. The zero-order valence-electron chi connectivity index (χ0n) is 13.2. The van der Waals surface area contributed by atoms with Gasteiger partial charge in [0.1, 0.15) is 0 Å². The van der Waals surface area contributed by atoms with Crippen LogP contribution in [0.15, 0.2) is 54.6 Å². The maximum absolute atomic E-state index is 11.3. The molecule has 2 aromatic rings. The Morgan fingerprint density at radius 1 is 0.905 bits per heavy atom. The lowest BCUT2D eigenvalue weighted by Gasteiger charge is -2.10. The molecule has 0 radical (unpaired) electrons. The first-order chi connectivity index (χ1) is 9.97. The molecule has 0 fully saturated rings. The molecule has 0 aliphatic rings. The molecule has 3 nitrogen and oxygen atoms in total. The van der Waals surface area contributed by atoms with E-state index in [1.54, 1.807) is 0 Å². The average molecular weight is 284 g/mol. The van der Waals surface area contributed by atoms with E-state index in [1.807, 2.05) is 63.2 Å². The molecular formula is C18H24N2O. The van der Waals surface area contributed by atoms with E-state index in [9.17, 15) is 4.79 Å². The minimum Gasteiger partial charge on any atom is -0.336 e. The topological polar surface area (TPSA) is 41.1 Å². The molecule has 0 aliphatic heterocycles. The summed E-state index contributed by atoms with van der Waals surface area (Å²) >= 11 is 0. The third-order valence-electron chi connectivity index (χ3n) is 2.64. The summed E-state index contributed by atoms with van der Waals surface area (Å²) in [5, 5.41) is 5.52. The summed E-state index contributed by atoms with van der Waals surface area (Å²) < 4.78 is 0. The second-order valence-electron chi connectivity index (χ2n) is 5.28. The van der Waals surface area contributed by atoms with E-state index in [2.05, 4.69) is 29.7 Å². The first-order valence-electron chi connectivity index (χ1n) is 7.13. The lowest BCUT2D eigenvalue weighted by Crippen LogP contribution is -2.34. The number of anilines is 1. The molecule has 2 aromatic carbocycles. The highest BCUT2D eigenvalue weighted by Gasteiger charge is 2.02. The Morgan fingerprint density at radius 2 is 1.52 bits per heavy atom. The third kappa shape index (κ3) is 7.78. The molecule has 2 N–H and O–H groups in total. The number of hydrogen-bond acceptors (Lipinski definition) is 1. The number of carbonyl (C=O) groups is 1. The molecule has 2 rings (SSSR count). The van der Waals surface area contributed by atoms with Gasteiger partial charge in [0, 0.05) is 11.7 Å². The van der Waals surface area contributed by atoms with Crippen molar-refractivity contribution in [2.75, 3.05) is 5.32 Å². The number of urea groups is 1. The summed E-state index contributed by atoms with van der Waals surface area (Å²) in [6.45, 7) is 7.93. The molecule has 0 bridgehead atoms. The molecule has 0 atom stereocenters. The smallest absolute Gasteiger partial charge is 0.319 e. The zero-order chi connectivity index (χ0) is 15.7. The van der Waals surface area contributed by atoms with Gasteiger partial charge >= 0.3 is 6.03 Å². The number of carbonyl (C=O) groups excluding carboxylic acids is 1. The van der Waals surface area contributed by atoms with Gasteiger partial charge < -0.3 is 10.6 Å². The predicted molar refractivity (Wildman–Crippen MR) is 89.6 cm³/mol. The van der Waals surface area contributed by atoms with Crippen molar-refractivity contribution in [2.45, 2.75) is 33.7 Å². The van der Waals surface area contributed by atoms with Crippen LogP contribution < -0.4 is 10.6 Å². The molecule has 0 spiro atoms. The number of benzene rings is 2. The number of nitrogens with one attached hydrogen (secondary N) is 2. The van der Waals surface area contributed by atoms with Crippen LogP contribution >= 0.6 is 0 Å². The first-order valence-corrected chi connectivity index (χ1v) is 7.13. The number of rotatable bonds is 2. The van der Waals surface area contributed by atoms with Gasteiger partial charge in [0.15, 0.2) is 0 Å². The molecule has 0 saturated heterocycles. The number of amides is 2. The van der Waals surface area contributed by atoms with Gasteiger partial charge in [0.05, 0.1) is 0 Å². The summed E-state index contributed by atoms with van der Waals surface area (Å²) in [6.07, 6.45) is 0. The molecule has 0 saturated carbocycles. The van der Waals surface area contributed by atoms with E-state index in [0.29, 0.717) is 0 Å². The molecule has 112 valence electrons. The van der Waals surface area contributed by atoms with Crippen molar-refractivity contribution in [3.05, 3.63) is 65.7 Å². The quantitative estimate of drug-likeness (QED) is 0.836. The maximum Gasteiger partial charge on any atom is 0.319 e. The fourth-order valence-electron chi connectivity index (χ4n) is 1.69. The average Bonchev–Trinajstić information content (AvgIpc) is 2.39. The lowest BCUT2D eigenvalue weighted by atomic mass is 10.2. The monoisotopic (exact) mass is 284 g/mol. The molecule has 2 amide bonds. The summed E-state index contributed by atoms with van der Waals surface area (Å²) in [5.41, 5.74) is 3.28. The highest BCUT2D eigenvalue weighted by atomic mass is 16.2. The molecule has 0 aliphatic carbocycles. The predicted octanol–water partition coefficient (Wildman–Crippen LogP) is 4.52. The highest BCUT2D eigenvalue weighted by molar-refractivity contribution is 5.89. The maximum atomic E-state index is 11.3. The van der Waals surface area contributed by atoms with E-state index < -0.39 is 0 Å². The van der Waals surface area contributed by atoms with Crippen molar-refractivity contribution in [2.24, 2.45) is 0 Å². The fourth-order valence-corrected chi connectivity index (χ4v) is 1.69. The molecular weight excluding hydrogens is 260 g/mol. The molecule has 0 aromatic heterocycles. The van der Waals surface area contributed by atoms with Gasteiger partial charge in [0.2, 0.25) is 0 Å². The summed E-state index contributed by atoms with van der Waals surface area (Å²) in [5.74, 6) is 0. The minimum absolute atomic E-state index is 0.153. The summed E-state index contributed by atoms with van der Waals surface area (Å²) in [6, 6.07) is 18.0. The second-order valence-corrected chi connectivity index (χ2v) is 5.28. The van der Waals surface area contributed by atoms with Gasteiger partial charge in [0.25, 0.3) is 0 Å². The van der Waals surface area contributed by atoms with Gasteiger partial charge in [-0.15, -0.1) is 0 Å². The van der Waals surface area contributed by atoms with E-state index >= 15 is 0 Å². The van der Waals surface area contributed by atoms with Gasteiger partial charge in [-0.3, -0.25) is 0 Å². The Balaban J connectivity index is 0.000000262. The normalized spacial score (nSPS) is 9.57. The van der Waals surface area contributed by atoms with Crippen molar-refractivity contribution in [3.8, 4) is 0 Å². The summed E-state index contributed by atoms with van der Waals surface area (Å²) in [7, 11) is 0. The van der Waals surface area contributed by atoms with Crippen LogP contribution in [-0.4, -0.2) is 12.1 Å². The van der Waals surface area contributed by atoms with Gasteiger partial charge in [-0.25, -0.2) is 4.79 Å². The number of hydrogen-bond donors (Lipinski definition) is 2. The van der Waals surface area contributed by atoms with Crippen molar-refractivity contribution in [3.63, 3.8) is 0 Å². The molecule has 0 unspecified atom stereocenters. The van der Waals surface area contributed by atoms with Crippen molar-refractivity contribution in [1.29, 1.82) is 0 Å². The van der Waals surface area contributed by atoms with Crippen LogP contribution in [0.3, 0.4) is 0 Å². The van der Waals surface area contributed by atoms with E-state index in [-0.39, 0.29) is 12.1 Å². The van der Waals surface area contributed by atoms with E-state index in [4.69, 9.17) is 0 Å². The Morgan fingerprint density at radius 3 is 2.00 bits per heavy atom. The van der Waals surface area contributed by atoms with Crippen LogP contribution in [0.5, 0.6) is 0 Å². The summed E-state index contributed by atoms with van der Waals surface area (Å²) in [4.78, 5) is 11.3. The van der Waals surface area contributed by atoms with Crippen LogP contribution in [-0.2, 0) is 0 Å². The van der Waals surface area contributed by atoms with Crippen LogP contribution in [0, 0.1) is 13.8 Å². The van der Waals surface area contributed by atoms with E-state index in [1.165, 1.54) is 5.56 Å². The third-order valence-corrected chi connectivity index (χ3v) is 2.64. The highest BCUT2D eigenvalue weighted by Crippen LogP contribution is 2.08. The van der Waals surface area contributed by atoms with Crippen molar-refractivity contribution in [1.82, 2.24) is 5.32 Å². The largest absolute Gasteiger partial charge is 0.336 e. The van der Waals surface area contributed by atoms with Crippen molar-refractivity contribution < 1.29 is 4.79 Å².